The molecule has 0 aliphatic carbocycles. The second-order valence-corrected chi connectivity index (χ2v) is 6.31. The SMILES string of the molecule is COc1ccc(C(NC(=O)c2oc(Br)cc2C)C(C)C)cc1. The number of rotatable bonds is 5. The van der Waals surface area contributed by atoms with Gasteiger partial charge in [-0.1, -0.05) is 26.0 Å². The van der Waals surface area contributed by atoms with Gasteiger partial charge in [-0.25, -0.2) is 0 Å². The Morgan fingerprint density at radius 3 is 2.36 bits per heavy atom. The topological polar surface area (TPSA) is 51.5 Å². The number of benzene rings is 1. The maximum absolute atomic E-state index is 12.4. The highest BCUT2D eigenvalue weighted by molar-refractivity contribution is 9.10. The van der Waals surface area contributed by atoms with Crippen molar-refractivity contribution in [3.05, 3.63) is 51.9 Å². The summed E-state index contributed by atoms with van der Waals surface area (Å²) < 4.78 is 11.1. The van der Waals surface area contributed by atoms with Crippen LogP contribution in [0.15, 0.2) is 39.4 Å². The number of halogens is 1. The van der Waals surface area contributed by atoms with Crippen LogP contribution >= 0.6 is 15.9 Å². The third kappa shape index (κ3) is 3.71. The Bertz CT molecular complexity index is 646. The fourth-order valence-electron chi connectivity index (χ4n) is 2.32. The summed E-state index contributed by atoms with van der Waals surface area (Å²) in [6, 6.07) is 9.41. The van der Waals surface area contributed by atoms with Crippen molar-refractivity contribution in [1.82, 2.24) is 5.32 Å². The zero-order valence-electron chi connectivity index (χ0n) is 13.1. The molecular formula is C17H20BrNO3. The highest BCUT2D eigenvalue weighted by atomic mass is 79.9. The van der Waals surface area contributed by atoms with Gasteiger partial charge in [0.1, 0.15) is 5.75 Å². The number of methoxy groups -OCH3 is 1. The van der Waals surface area contributed by atoms with E-state index in [0.29, 0.717) is 10.4 Å². The van der Waals surface area contributed by atoms with Crippen LogP contribution in [-0.2, 0) is 0 Å². The molecule has 1 heterocycles. The number of aryl methyl sites for hydroxylation is 1. The minimum absolute atomic E-state index is 0.0957. The molecule has 1 atom stereocenters. The van der Waals surface area contributed by atoms with Crippen molar-refractivity contribution in [3.63, 3.8) is 0 Å². The van der Waals surface area contributed by atoms with Gasteiger partial charge in [0.2, 0.25) is 0 Å². The summed E-state index contributed by atoms with van der Waals surface area (Å²) in [5, 5.41) is 3.05. The highest BCUT2D eigenvalue weighted by Gasteiger charge is 2.22. The molecule has 118 valence electrons. The molecular weight excluding hydrogens is 346 g/mol. The van der Waals surface area contributed by atoms with Crippen LogP contribution in [0.2, 0.25) is 0 Å². The minimum atomic E-state index is -0.210. The molecule has 5 heteroatoms. The van der Waals surface area contributed by atoms with Crippen LogP contribution in [0.1, 0.15) is 41.6 Å². The summed E-state index contributed by atoms with van der Waals surface area (Å²) in [5.74, 6) is 1.17. The van der Waals surface area contributed by atoms with Crippen LogP contribution in [0.4, 0.5) is 0 Å². The number of carbonyl (C=O) groups is 1. The first-order chi connectivity index (χ1) is 10.4. The average molecular weight is 366 g/mol. The van der Waals surface area contributed by atoms with E-state index in [1.165, 1.54) is 0 Å². The highest BCUT2D eigenvalue weighted by Crippen LogP contribution is 2.26. The fourth-order valence-corrected chi connectivity index (χ4v) is 2.83. The predicted molar refractivity (Wildman–Crippen MR) is 89.2 cm³/mol. The molecule has 1 aromatic carbocycles. The first-order valence-corrected chi connectivity index (χ1v) is 7.92. The molecule has 1 aromatic heterocycles. The molecule has 0 aliphatic rings. The quantitative estimate of drug-likeness (QED) is 0.849. The summed E-state index contributed by atoms with van der Waals surface area (Å²) in [7, 11) is 1.63. The lowest BCUT2D eigenvalue weighted by atomic mass is 9.95. The van der Waals surface area contributed by atoms with E-state index in [9.17, 15) is 4.79 Å². The van der Waals surface area contributed by atoms with Crippen molar-refractivity contribution in [2.75, 3.05) is 7.11 Å². The Balaban J connectivity index is 2.21. The van der Waals surface area contributed by atoms with Crippen LogP contribution in [0.3, 0.4) is 0 Å². The Kier molecular flexibility index (Phi) is 5.29. The molecule has 2 aromatic rings. The molecule has 0 fully saturated rings. The van der Waals surface area contributed by atoms with Gasteiger partial charge in [-0.15, -0.1) is 0 Å². The Labute approximate surface area is 139 Å². The number of ether oxygens (including phenoxy) is 1. The monoisotopic (exact) mass is 365 g/mol. The minimum Gasteiger partial charge on any atom is -0.497 e. The smallest absolute Gasteiger partial charge is 0.287 e. The number of furan rings is 1. The lowest BCUT2D eigenvalue weighted by molar-refractivity contribution is 0.0895. The van der Waals surface area contributed by atoms with Gasteiger partial charge < -0.3 is 14.5 Å². The van der Waals surface area contributed by atoms with E-state index in [1.807, 2.05) is 31.2 Å². The normalized spacial score (nSPS) is 12.3. The summed E-state index contributed by atoms with van der Waals surface area (Å²) in [6.45, 7) is 5.99. The largest absolute Gasteiger partial charge is 0.497 e. The van der Waals surface area contributed by atoms with E-state index in [2.05, 4.69) is 35.1 Å². The van der Waals surface area contributed by atoms with Crippen molar-refractivity contribution in [2.45, 2.75) is 26.8 Å². The molecule has 1 unspecified atom stereocenters. The van der Waals surface area contributed by atoms with Crippen LogP contribution in [-0.4, -0.2) is 13.0 Å². The molecule has 0 saturated heterocycles. The lowest BCUT2D eigenvalue weighted by Gasteiger charge is -2.22. The number of hydrogen-bond donors (Lipinski definition) is 1. The number of amides is 1. The molecule has 1 N–H and O–H groups in total. The Morgan fingerprint density at radius 2 is 1.91 bits per heavy atom. The molecule has 2 rings (SSSR count). The second kappa shape index (κ2) is 7.01. The van der Waals surface area contributed by atoms with Crippen LogP contribution in [0, 0.1) is 12.8 Å². The average Bonchev–Trinajstić information content (AvgIpc) is 2.83. The van der Waals surface area contributed by atoms with Crippen molar-refractivity contribution in [3.8, 4) is 5.75 Å². The van der Waals surface area contributed by atoms with Gasteiger partial charge in [0, 0.05) is 5.56 Å². The molecule has 1 amide bonds. The van der Waals surface area contributed by atoms with Gasteiger partial charge in [0.25, 0.3) is 5.91 Å². The Morgan fingerprint density at radius 1 is 1.27 bits per heavy atom. The third-order valence-electron chi connectivity index (χ3n) is 3.52. The maximum atomic E-state index is 12.4. The molecule has 0 aliphatic heterocycles. The van der Waals surface area contributed by atoms with Gasteiger partial charge in [0.15, 0.2) is 10.4 Å². The molecule has 22 heavy (non-hydrogen) atoms. The zero-order chi connectivity index (χ0) is 16.3. The molecule has 0 saturated carbocycles. The first-order valence-electron chi connectivity index (χ1n) is 7.13. The first kappa shape index (κ1) is 16.6. The van der Waals surface area contributed by atoms with Crippen molar-refractivity contribution in [1.29, 1.82) is 0 Å². The van der Waals surface area contributed by atoms with Crippen LogP contribution < -0.4 is 10.1 Å². The summed E-state index contributed by atoms with van der Waals surface area (Å²) in [4.78, 5) is 12.4. The fraction of sp³-hybridized carbons (Fsp3) is 0.353. The summed E-state index contributed by atoms with van der Waals surface area (Å²) in [6.07, 6.45) is 0. The standard InChI is InChI=1S/C17H20BrNO3/c1-10(2)15(12-5-7-13(21-4)8-6-12)19-17(20)16-11(3)9-14(18)22-16/h5-10,15H,1-4H3,(H,19,20). The van der Waals surface area contributed by atoms with Gasteiger partial charge in [-0.2, -0.15) is 0 Å². The van der Waals surface area contributed by atoms with Gasteiger partial charge in [-0.05, 0) is 52.5 Å². The van der Waals surface area contributed by atoms with Crippen molar-refractivity contribution >= 4 is 21.8 Å². The Hall–Kier alpha value is -1.75. The van der Waals surface area contributed by atoms with E-state index in [0.717, 1.165) is 16.9 Å². The second-order valence-electron chi connectivity index (χ2n) is 5.53. The summed E-state index contributed by atoms with van der Waals surface area (Å²) >= 11 is 3.25. The lowest BCUT2D eigenvalue weighted by Crippen LogP contribution is -2.31. The molecule has 4 nitrogen and oxygen atoms in total. The van der Waals surface area contributed by atoms with Crippen LogP contribution in [0.25, 0.3) is 0 Å². The van der Waals surface area contributed by atoms with E-state index in [4.69, 9.17) is 9.15 Å². The third-order valence-corrected chi connectivity index (χ3v) is 3.91. The van der Waals surface area contributed by atoms with Gasteiger partial charge in [0.05, 0.1) is 13.2 Å². The predicted octanol–water partition coefficient (Wildman–Crippen LogP) is 4.49. The van der Waals surface area contributed by atoms with E-state index < -0.39 is 0 Å². The van der Waals surface area contributed by atoms with Crippen molar-refractivity contribution in [2.24, 2.45) is 5.92 Å². The number of hydrogen-bond acceptors (Lipinski definition) is 3. The number of nitrogens with one attached hydrogen (secondary N) is 1. The molecule has 0 spiro atoms. The molecule has 0 bridgehead atoms. The van der Waals surface area contributed by atoms with E-state index in [1.54, 1.807) is 13.2 Å². The molecule has 0 radical (unpaired) electrons. The number of carbonyl (C=O) groups excluding carboxylic acids is 1. The zero-order valence-corrected chi connectivity index (χ0v) is 14.7. The van der Waals surface area contributed by atoms with E-state index >= 15 is 0 Å². The maximum Gasteiger partial charge on any atom is 0.287 e. The van der Waals surface area contributed by atoms with E-state index in [-0.39, 0.29) is 17.9 Å². The van der Waals surface area contributed by atoms with Crippen molar-refractivity contribution < 1.29 is 13.9 Å². The van der Waals surface area contributed by atoms with Crippen LogP contribution in [0.5, 0.6) is 5.75 Å². The van der Waals surface area contributed by atoms with Gasteiger partial charge in [-0.3, -0.25) is 4.79 Å². The summed E-state index contributed by atoms with van der Waals surface area (Å²) in [5.41, 5.74) is 1.84. The van der Waals surface area contributed by atoms with Gasteiger partial charge >= 0.3 is 0 Å².